The molecule has 0 aromatic heterocycles. The highest BCUT2D eigenvalue weighted by Crippen LogP contribution is 2.40. The van der Waals surface area contributed by atoms with E-state index in [2.05, 4.69) is 9.80 Å². The van der Waals surface area contributed by atoms with Crippen LogP contribution in [0, 0.1) is 5.82 Å². The SMILES string of the molecule is O=C1CN(c2c(OCc3ccccc3)cc3c(c2F)CN(CCCN2CCOCC2)CC3)S(=O)(=O)N1. The fraction of sp³-hybridized carbons (Fsp3) is 0.480. The van der Waals surface area contributed by atoms with E-state index in [-0.39, 0.29) is 18.0 Å². The summed E-state index contributed by atoms with van der Waals surface area (Å²) in [6.45, 7) is 6.01. The topological polar surface area (TPSA) is 91.4 Å². The number of amides is 1. The van der Waals surface area contributed by atoms with Crippen LogP contribution in [0.2, 0.25) is 0 Å². The maximum absolute atomic E-state index is 16.1. The molecule has 1 N–H and O–H groups in total. The fourth-order valence-electron chi connectivity index (χ4n) is 4.94. The van der Waals surface area contributed by atoms with Crippen LogP contribution < -0.4 is 13.8 Å². The summed E-state index contributed by atoms with van der Waals surface area (Å²) in [5, 5.41) is 0. The maximum atomic E-state index is 16.1. The minimum atomic E-state index is -4.20. The lowest BCUT2D eigenvalue weighted by molar-refractivity contribution is -0.117. The lowest BCUT2D eigenvalue weighted by atomic mass is 9.97. The van der Waals surface area contributed by atoms with Crippen molar-refractivity contribution in [1.82, 2.24) is 14.5 Å². The van der Waals surface area contributed by atoms with E-state index >= 15 is 4.39 Å². The van der Waals surface area contributed by atoms with Crippen LogP contribution in [0.1, 0.15) is 23.1 Å². The lowest BCUT2D eigenvalue weighted by Gasteiger charge is -2.32. The molecule has 0 bridgehead atoms. The first-order valence-electron chi connectivity index (χ1n) is 12.3. The Labute approximate surface area is 210 Å². The molecule has 11 heteroatoms. The standard InChI is InChI=1S/C25H31FN4O5S/c26-24-21-16-29(9-4-8-28-11-13-34-14-12-28)10-7-20(21)15-22(35-18-19-5-2-1-3-6-19)25(24)30-17-23(31)27-36(30,32)33/h1-3,5-6,15H,4,7-14,16-18H2,(H,27,31). The van der Waals surface area contributed by atoms with E-state index < -0.39 is 28.5 Å². The molecule has 2 fully saturated rings. The minimum Gasteiger partial charge on any atom is -0.487 e. The number of anilines is 1. The number of morpholine rings is 1. The first-order chi connectivity index (χ1) is 17.4. The van der Waals surface area contributed by atoms with Crippen LogP contribution in [0.3, 0.4) is 0 Å². The van der Waals surface area contributed by atoms with Crippen molar-refractivity contribution in [2.45, 2.75) is 26.0 Å². The van der Waals surface area contributed by atoms with Gasteiger partial charge in [0, 0.05) is 31.7 Å². The summed E-state index contributed by atoms with van der Waals surface area (Å²) in [6.07, 6.45) is 1.59. The Kier molecular flexibility index (Phi) is 7.42. The zero-order valence-electron chi connectivity index (χ0n) is 20.1. The second-order valence-corrected chi connectivity index (χ2v) is 10.9. The van der Waals surface area contributed by atoms with E-state index in [4.69, 9.17) is 9.47 Å². The number of carbonyl (C=O) groups is 1. The van der Waals surface area contributed by atoms with E-state index in [0.717, 1.165) is 67.8 Å². The van der Waals surface area contributed by atoms with Crippen LogP contribution in [0.15, 0.2) is 36.4 Å². The van der Waals surface area contributed by atoms with E-state index in [9.17, 15) is 13.2 Å². The predicted octanol–water partition coefficient (Wildman–Crippen LogP) is 1.67. The molecule has 0 radical (unpaired) electrons. The number of halogens is 1. The molecule has 0 aliphatic carbocycles. The lowest BCUT2D eigenvalue weighted by Crippen LogP contribution is -2.39. The van der Waals surface area contributed by atoms with Gasteiger partial charge in [0.05, 0.1) is 13.2 Å². The Bertz CT molecular complexity index is 1200. The summed E-state index contributed by atoms with van der Waals surface area (Å²) < 4.78 is 55.4. The first-order valence-corrected chi connectivity index (χ1v) is 13.7. The van der Waals surface area contributed by atoms with Crippen molar-refractivity contribution in [3.63, 3.8) is 0 Å². The number of nitrogens with one attached hydrogen (secondary N) is 1. The summed E-state index contributed by atoms with van der Waals surface area (Å²) in [4.78, 5) is 16.5. The van der Waals surface area contributed by atoms with Gasteiger partial charge in [0.1, 0.15) is 24.6 Å². The summed E-state index contributed by atoms with van der Waals surface area (Å²) in [7, 11) is -4.20. The Hall–Kier alpha value is -2.73. The summed E-state index contributed by atoms with van der Waals surface area (Å²) >= 11 is 0. The molecule has 3 aliphatic heterocycles. The molecule has 194 valence electrons. The van der Waals surface area contributed by atoms with Gasteiger partial charge in [0.15, 0.2) is 5.82 Å². The minimum absolute atomic E-state index is 0.121. The Morgan fingerprint density at radius 1 is 1.03 bits per heavy atom. The Balaban J connectivity index is 1.38. The van der Waals surface area contributed by atoms with Crippen LogP contribution in [0.4, 0.5) is 10.1 Å². The normalized spacial score (nSPS) is 20.2. The van der Waals surface area contributed by atoms with Crippen molar-refractivity contribution < 1.29 is 27.1 Å². The monoisotopic (exact) mass is 518 g/mol. The largest absolute Gasteiger partial charge is 0.487 e. The van der Waals surface area contributed by atoms with Gasteiger partial charge in [0.2, 0.25) is 0 Å². The van der Waals surface area contributed by atoms with Crippen LogP contribution >= 0.6 is 0 Å². The molecule has 36 heavy (non-hydrogen) atoms. The third-order valence-electron chi connectivity index (χ3n) is 6.84. The van der Waals surface area contributed by atoms with Gasteiger partial charge in [0.25, 0.3) is 5.91 Å². The highest BCUT2D eigenvalue weighted by Gasteiger charge is 2.39. The zero-order chi connectivity index (χ0) is 25.1. The number of hydrogen-bond acceptors (Lipinski definition) is 7. The average molecular weight is 519 g/mol. The van der Waals surface area contributed by atoms with E-state index in [1.165, 1.54) is 0 Å². The molecule has 0 atom stereocenters. The van der Waals surface area contributed by atoms with Gasteiger partial charge in [-0.3, -0.25) is 14.6 Å². The van der Waals surface area contributed by atoms with Crippen molar-refractivity contribution in [2.75, 3.05) is 56.8 Å². The van der Waals surface area contributed by atoms with Gasteiger partial charge in [-0.05, 0) is 43.1 Å². The van der Waals surface area contributed by atoms with Crippen molar-refractivity contribution in [3.8, 4) is 5.75 Å². The fourth-order valence-corrected chi connectivity index (χ4v) is 6.10. The highest BCUT2D eigenvalue weighted by atomic mass is 32.2. The van der Waals surface area contributed by atoms with Gasteiger partial charge in [-0.1, -0.05) is 30.3 Å². The molecule has 0 unspecified atom stereocenters. The Morgan fingerprint density at radius 2 is 1.78 bits per heavy atom. The molecule has 2 saturated heterocycles. The number of ether oxygens (including phenoxy) is 2. The molecule has 5 rings (SSSR count). The van der Waals surface area contributed by atoms with Gasteiger partial charge in [-0.2, -0.15) is 8.42 Å². The first kappa shape index (κ1) is 24.9. The van der Waals surface area contributed by atoms with E-state index in [1.807, 2.05) is 35.1 Å². The smallest absolute Gasteiger partial charge is 0.326 e. The van der Waals surface area contributed by atoms with Crippen molar-refractivity contribution in [1.29, 1.82) is 0 Å². The van der Waals surface area contributed by atoms with Crippen LogP contribution in [-0.4, -0.2) is 76.6 Å². The predicted molar refractivity (Wildman–Crippen MR) is 132 cm³/mol. The highest BCUT2D eigenvalue weighted by molar-refractivity contribution is 7.92. The molecule has 2 aromatic rings. The van der Waals surface area contributed by atoms with E-state index in [1.54, 1.807) is 6.07 Å². The molecule has 2 aromatic carbocycles. The number of benzene rings is 2. The van der Waals surface area contributed by atoms with Crippen molar-refractivity contribution in [3.05, 3.63) is 58.9 Å². The summed E-state index contributed by atoms with van der Waals surface area (Å²) in [6, 6.07) is 11.1. The van der Waals surface area contributed by atoms with Crippen LogP contribution in [-0.2, 0) is 39.3 Å². The number of hydrogen-bond donors (Lipinski definition) is 1. The van der Waals surface area contributed by atoms with Gasteiger partial charge in [-0.15, -0.1) is 0 Å². The molecule has 3 aliphatic rings. The average Bonchev–Trinajstić information content (AvgIpc) is 3.15. The second-order valence-electron chi connectivity index (χ2n) is 9.32. The summed E-state index contributed by atoms with van der Waals surface area (Å²) in [5.41, 5.74) is 1.92. The number of rotatable bonds is 8. The third-order valence-corrected chi connectivity index (χ3v) is 8.21. The quantitative estimate of drug-likeness (QED) is 0.569. The van der Waals surface area contributed by atoms with Gasteiger partial charge >= 0.3 is 10.2 Å². The number of nitrogens with zero attached hydrogens (tertiary/aromatic N) is 3. The van der Waals surface area contributed by atoms with Gasteiger partial charge in [-0.25, -0.2) is 13.4 Å². The van der Waals surface area contributed by atoms with Gasteiger partial charge < -0.3 is 9.47 Å². The van der Waals surface area contributed by atoms with Crippen molar-refractivity contribution >= 4 is 21.8 Å². The molecular formula is C25H31FN4O5S. The molecular weight excluding hydrogens is 487 g/mol. The second kappa shape index (κ2) is 10.7. The van der Waals surface area contributed by atoms with Crippen molar-refractivity contribution in [2.24, 2.45) is 0 Å². The molecule has 0 saturated carbocycles. The molecule has 3 heterocycles. The third kappa shape index (κ3) is 5.49. The summed E-state index contributed by atoms with van der Waals surface area (Å²) in [5.74, 6) is -1.23. The molecule has 9 nitrogen and oxygen atoms in total. The number of fused-ring (bicyclic) bond motifs is 1. The Morgan fingerprint density at radius 3 is 2.50 bits per heavy atom. The maximum Gasteiger partial charge on any atom is 0.326 e. The van der Waals surface area contributed by atoms with E-state index in [0.29, 0.717) is 18.5 Å². The molecule has 1 amide bonds. The van der Waals surface area contributed by atoms with Crippen LogP contribution in [0.25, 0.3) is 0 Å². The van der Waals surface area contributed by atoms with Crippen LogP contribution in [0.5, 0.6) is 5.75 Å². The molecule has 0 spiro atoms. The number of carbonyl (C=O) groups excluding carboxylic acids is 1. The zero-order valence-corrected chi connectivity index (χ0v) is 20.9.